The van der Waals surface area contributed by atoms with Crippen molar-refractivity contribution in [2.45, 2.75) is 0 Å². The van der Waals surface area contributed by atoms with E-state index in [-0.39, 0.29) is 60.0 Å². The maximum Gasteiger partial charge on any atom is 0.254 e. The van der Waals surface area contributed by atoms with Gasteiger partial charge in [-0.2, -0.15) is 0 Å². The lowest BCUT2D eigenvalue weighted by molar-refractivity contribution is 0.0302. The molecule has 0 atom stereocenters. The minimum Gasteiger partial charge on any atom is -0.395 e. The number of amides is 4. The summed E-state index contributed by atoms with van der Waals surface area (Å²) in [6, 6.07) is 18.9. The van der Waals surface area contributed by atoms with Gasteiger partial charge in [-0.05, 0) is 79.8 Å². The first-order valence-electron chi connectivity index (χ1n) is 28.8. The molecular weight excluding hydrogens is 1080 g/mol. The van der Waals surface area contributed by atoms with Crippen LogP contribution in [0.25, 0.3) is 0 Å². The number of likely N-dealkylation sites (N-methyl/N-ethyl adjacent to an activating group) is 2. The number of halogens is 4. The van der Waals surface area contributed by atoms with Crippen molar-refractivity contribution >= 4 is 46.4 Å². The lowest BCUT2D eigenvalue weighted by atomic mass is 10.1. The van der Waals surface area contributed by atoms with E-state index >= 15 is 0 Å². The van der Waals surface area contributed by atoms with Crippen molar-refractivity contribution in [1.82, 2.24) is 46.2 Å². The van der Waals surface area contributed by atoms with E-state index in [0.29, 0.717) is 97.5 Å². The number of nitrogens with zero attached hydrogens (tertiary/aromatic N) is 8. The van der Waals surface area contributed by atoms with Crippen molar-refractivity contribution in [3.63, 3.8) is 0 Å². The van der Waals surface area contributed by atoms with Crippen LogP contribution in [-0.2, 0) is 9.47 Å². The number of rotatable bonds is 13. The fourth-order valence-corrected chi connectivity index (χ4v) is 10.2. The topological polar surface area (TPSA) is 193 Å². The Bertz CT molecular complexity index is 2710. The number of hydrogen-bond donors (Lipinski definition) is 6. The summed E-state index contributed by atoms with van der Waals surface area (Å²) >= 11 is 0. The predicted molar refractivity (Wildman–Crippen MR) is 314 cm³/mol. The van der Waals surface area contributed by atoms with Gasteiger partial charge in [0.25, 0.3) is 23.6 Å². The van der Waals surface area contributed by atoms with Gasteiger partial charge in [-0.1, -0.05) is 0 Å². The number of aliphatic hydroxyl groups excluding tert-OH is 1. The van der Waals surface area contributed by atoms with Gasteiger partial charge in [0.15, 0.2) is 0 Å². The van der Waals surface area contributed by atoms with Gasteiger partial charge in [0.05, 0.1) is 49.2 Å². The summed E-state index contributed by atoms with van der Waals surface area (Å²) in [5.41, 5.74) is 3.75. The molecule has 0 spiro atoms. The molecule has 6 fully saturated rings. The van der Waals surface area contributed by atoms with Crippen molar-refractivity contribution in [3.8, 4) is 0 Å². The van der Waals surface area contributed by atoms with Gasteiger partial charge in [-0.25, -0.2) is 17.6 Å². The van der Waals surface area contributed by atoms with Crippen LogP contribution in [0, 0.1) is 23.3 Å². The van der Waals surface area contributed by atoms with Crippen molar-refractivity contribution < 1.29 is 51.3 Å². The third-order valence-corrected chi connectivity index (χ3v) is 15.1. The third kappa shape index (κ3) is 18.7. The van der Waals surface area contributed by atoms with Gasteiger partial charge in [-0.3, -0.25) is 19.2 Å². The third-order valence-electron chi connectivity index (χ3n) is 15.1. The fourth-order valence-electron chi connectivity index (χ4n) is 10.2. The van der Waals surface area contributed by atoms with Gasteiger partial charge in [0, 0.05) is 193 Å². The smallest absolute Gasteiger partial charge is 0.254 e. The summed E-state index contributed by atoms with van der Waals surface area (Å²) < 4.78 is 67.0. The lowest BCUT2D eigenvalue weighted by Gasteiger charge is -2.33. The van der Waals surface area contributed by atoms with Gasteiger partial charge >= 0.3 is 0 Å². The maximum absolute atomic E-state index is 14.4. The second-order valence-electron chi connectivity index (χ2n) is 20.8. The highest BCUT2D eigenvalue weighted by atomic mass is 19.1. The highest BCUT2D eigenvalue weighted by Crippen LogP contribution is 2.26. The first-order chi connectivity index (χ1) is 40.3. The van der Waals surface area contributed by atoms with Gasteiger partial charge in [0.2, 0.25) is 0 Å². The monoisotopic (exact) mass is 1160 g/mol. The number of hydrogen-bond acceptors (Lipinski definition) is 16. The molecule has 6 aliphatic rings. The number of carbonyl (C=O) groups is 4. The van der Waals surface area contributed by atoms with Crippen LogP contribution >= 0.6 is 0 Å². The summed E-state index contributed by atoms with van der Waals surface area (Å²) in [6.45, 7) is 19.4. The Morgan fingerprint density at radius 1 is 0.530 bits per heavy atom. The molecule has 83 heavy (non-hydrogen) atoms. The quantitative estimate of drug-likeness (QED) is 0.0844. The molecule has 4 amide bonds. The number of methoxy groups -OCH3 is 1. The zero-order valence-corrected chi connectivity index (χ0v) is 48.2. The van der Waals surface area contributed by atoms with Crippen LogP contribution in [0.2, 0.25) is 0 Å². The SMILES string of the molecule is CN(CCO)C(=O)c1ccc(N2CCNCC2)c(F)c1.CN1CCN(C(=O)c2ccc(N3CCNCC3)c(F)c2)CC1.COCCNC(=O)c1ccc(N2CCNCC2)c(F)c1.O=C(c1ccc(N2CCNCC2)c(F)c1)N1CCOCC1. The molecule has 0 unspecified atom stereocenters. The normalized spacial score (nSPS) is 17.7. The van der Waals surface area contributed by atoms with E-state index in [4.69, 9.17) is 14.6 Å². The van der Waals surface area contributed by atoms with Crippen LogP contribution in [0.3, 0.4) is 0 Å². The first-order valence-corrected chi connectivity index (χ1v) is 28.8. The van der Waals surface area contributed by atoms with E-state index in [0.717, 1.165) is 118 Å². The molecule has 6 N–H and O–H groups in total. The average molecular weight is 1160 g/mol. The van der Waals surface area contributed by atoms with E-state index in [1.165, 1.54) is 29.2 Å². The van der Waals surface area contributed by atoms with Crippen molar-refractivity contribution in [3.05, 3.63) is 118 Å². The molecule has 0 saturated carbocycles. The standard InChI is InChI=1S/C16H23FN4O.C15H20FN3O2.2C14H20FN3O2/c1-19-8-10-21(11-9-19)16(22)13-2-3-15(14(17)12-13)20-6-4-18-5-7-20;16-13-11-12(15(20)19-7-9-21-10-8-19)1-2-14(13)18-5-3-17-4-6-18;1-20-9-6-17-14(19)11-2-3-13(12(15)10-11)18-7-4-16-5-8-18;1-17(8-9-19)14(20)11-2-3-13(12(15)10-11)18-6-4-16-5-7-18/h2-3,12,18H,4-11H2,1H3;1-2,11,17H,3-10H2;2-3,10,16H,4-9H2,1H3,(H,17,19);2-3,10,16,19H,4-9H2,1H3. The van der Waals surface area contributed by atoms with E-state index < -0.39 is 0 Å². The molecule has 0 aromatic heterocycles. The Morgan fingerprint density at radius 2 is 0.880 bits per heavy atom. The summed E-state index contributed by atoms with van der Waals surface area (Å²) in [6.07, 6.45) is 0. The molecule has 0 bridgehead atoms. The molecule has 24 heteroatoms. The van der Waals surface area contributed by atoms with Crippen molar-refractivity contribution in [2.75, 3.05) is 224 Å². The highest BCUT2D eigenvalue weighted by molar-refractivity contribution is 5.96. The van der Waals surface area contributed by atoms with Gasteiger partial charge in [0.1, 0.15) is 23.3 Å². The number of piperazine rings is 5. The van der Waals surface area contributed by atoms with Crippen LogP contribution < -0.4 is 46.2 Å². The number of morpholine rings is 1. The molecule has 6 aliphatic heterocycles. The second kappa shape index (κ2) is 33.0. The summed E-state index contributed by atoms with van der Waals surface area (Å²) in [4.78, 5) is 63.7. The molecule has 4 aromatic rings. The van der Waals surface area contributed by atoms with Crippen LogP contribution in [0.15, 0.2) is 72.8 Å². The van der Waals surface area contributed by atoms with Gasteiger partial charge < -0.3 is 80.4 Å². The van der Waals surface area contributed by atoms with E-state index in [1.807, 2.05) is 26.6 Å². The number of anilines is 4. The minimum atomic E-state index is -0.379. The Kier molecular flexibility index (Phi) is 25.4. The van der Waals surface area contributed by atoms with Crippen LogP contribution in [0.1, 0.15) is 41.4 Å². The van der Waals surface area contributed by atoms with Crippen LogP contribution in [0.4, 0.5) is 40.3 Å². The molecule has 0 radical (unpaired) electrons. The predicted octanol–water partition coefficient (Wildman–Crippen LogP) is 2.24. The Balaban J connectivity index is 0.000000159. The molecule has 0 aliphatic carbocycles. The summed E-state index contributed by atoms with van der Waals surface area (Å²) in [5, 5.41) is 24.4. The summed E-state index contributed by atoms with van der Waals surface area (Å²) in [7, 11) is 5.19. The fraction of sp³-hybridized carbons (Fsp3) is 0.525. The van der Waals surface area contributed by atoms with Crippen molar-refractivity contribution in [1.29, 1.82) is 0 Å². The zero-order chi connectivity index (χ0) is 59.1. The Hall–Kier alpha value is -6.64. The zero-order valence-electron chi connectivity index (χ0n) is 48.2. The van der Waals surface area contributed by atoms with E-state index in [1.54, 1.807) is 72.5 Å². The molecule has 6 heterocycles. The lowest BCUT2D eigenvalue weighted by Crippen LogP contribution is -2.47. The largest absolute Gasteiger partial charge is 0.395 e. The number of benzene rings is 4. The molecule has 454 valence electrons. The molecule has 20 nitrogen and oxygen atoms in total. The first kappa shape index (κ1) is 63.9. The minimum absolute atomic E-state index is 0.0705. The Labute approximate surface area is 485 Å². The molecule has 4 aromatic carbocycles. The van der Waals surface area contributed by atoms with E-state index in [2.05, 4.69) is 31.5 Å². The van der Waals surface area contributed by atoms with E-state index in [9.17, 15) is 36.7 Å². The summed E-state index contributed by atoms with van der Waals surface area (Å²) in [5.74, 6) is -2.13. The van der Waals surface area contributed by atoms with Crippen LogP contribution in [0.5, 0.6) is 0 Å². The Morgan fingerprint density at radius 3 is 1.25 bits per heavy atom. The molecule has 6 saturated heterocycles. The van der Waals surface area contributed by atoms with Gasteiger partial charge in [-0.15, -0.1) is 0 Å². The highest BCUT2D eigenvalue weighted by Gasteiger charge is 2.25. The number of nitrogens with one attached hydrogen (secondary N) is 5. The number of ether oxygens (including phenoxy) is 2. The second-order valence-corrected chi connectivity index (χ2v) is 20.8. The molecule has 10 rings (SSSR count). The number of carbonyl (C=O) groups excluding carboxylic acids is 4. The number of aliphatic hydroxyl groups is 1. The van der Waals surface area contributed by atoms with Crippen molar-refractivity contribution in [2.24, 2.45) is 0 Å². The maximum atomic E-state index is 14.4. The average Bonchev–Trinajstić information content (AvgIpc) is 3.70. The molecular formula is C59H83F4N13O7. The van der Waals surface area contributed by atoms with Crippen LogP contribution in [-0.4, -0.2) is 253 Å².